The summed E-state index contributed by atoms with van der Waals surface area (Å²) >= 11 is 5.30. The molecule has 1 unspecified atom stereocenters. The molecule has 0 saturated heterocycles. The number of hydrogen-bond donors (Lipinski definition) is 4. The Labute approximate surface area is 300 Å². The standard InChI is InChI=1S/C34H24I2N12/c35-33(21-10-4-1-5-11-21,22-12-6-2-7-13-22)34(36,23-14-8-3-9-15-23)25-16-24(26-17-37-45-41-26)30(27-18-38-46-42-27)32(29-20-40-48-44-29)31(25)28-19-39-47-43-28/h1-20H,(H,37,41,45)(H,38,42,46)(H,39,43,47)(H,40,44,48). The lowest BCUT2D eigenvalue weighted by molar-refractivity contribution is 0.641. The van der Waals surface area contributed by atoms with Crippen LogP contribution >= 0.6 is 45.2 Å². The van der Waals surface area contributed by atoms with E-state index in [1.807, 2.05) is 18.2 Å². The number of nitrogens with zero attached hydrogens (tertiary/aromatic N) is 8. The van der Waals surface area contributed by atoms with E-state index < -0.39 is 6.84 Å². The molecule has 4 N–H and O–H groups in total. The van der Waals surface area contributed by atoms with Gasteiger partial charge < -0.3 is 0 Å². The van der Waals surface area contributed by atoms with Crippen molar-refractivity contribution < 1.29 is 0 Å². The summed E-state index contributed by atoms with van der Waals surface area (Å²) in [5.41, 5.74) is 9.71. The molecular weight excluding hydrogens is 830 g/mol. The van der Waals surface area contributed by atoms with E-state index >= 15 is 0 Å². The first-order chi connectivity index (χ1) is 23.6. The molecule has 0 radical (unpaired) electrons. The van der Waals surface area contributed by atoms with E-state index in [0.29, 0.717) is 22.8 Å². The maximum absolute atomic E-state index is 4.69. The van der Waals surface area contributed by atoms with Gasteiger partial charge in [-0.1, -0.05) is 136 Å². The molecular formula is C34H24I2N12. The summed E-state index contributed by atoms with van der Waals surface area (Å²) < 4.78 is -1.51. The number of benzene rings is 4. The van der Waals surface area contributed by atoms with Crippen molar-refractivity contribution >= 4 is 45.2 Å². The third-order valence-corrected chi connectivity index (χ3v) is 13.5. The van der Waals surface area contributed by atoms with Crippen LogP contribution in [0.1, 0.15) is 22.3 Å². The lowest BCUT2D eigenvalue weighted by atomic mass is 9.70. The van der Waals surface area contributed by atoms with Crippen LogP contribution in [-0.2, 0) is 6.84 Å². The smallest absolute Gasteiger partial charge is 0.114 e. The highest BCUT2D eigenvalue weighted by Gasteiger charge is 2.54. The van der Waals surface area contributed by atoms with Gasteiger partial charge in [0.1, 0.15) is 22.8 Å². The zero-order valence-electron chi connectivity index (χ0n) is 24.9. The average Bonchev–Trinajstić information content (AvgIpc) is 4.00. The fourth-order valence-corrected chi connectivity index (χ4v) is 9.08. The minimum Gasteiger partial charge on any atom is -0.197 e. The second-order valence-electron chi connectivity index (χ2n) is 10.9. The number of H-pyrrole nitrogens is 4. The molecule has 8 rings (SSSR count). The Morgan fingerprint density at radius 2 is 0.792 bits per heavy atom. The summed E-state index contributed by atoms with van der Waals surface area (Å²) in [6.45, 7) is 0. The maximum atomic E-state index is 4.69. The fourth-order valence-electron chi connectivity index (χ4n) is 6.35. The summed E-state index contributed by atoms with van der Waals surface area (Å²) in [5, 5.41) is 46.5. The number of rotatable bonds is 9. The third kappa shape index (κ3) is 4.85. The number of aromatic nitrogens is 12. The molecule has 0 amide bonds. The summed E-state index contributed by atoms with van der Waals surface area (Å²) in [6, 6.07) is 33.9. The van der Waals surface area contributed by atoms with E-state index in [1.54, 1.807) is 24.8 Å². The number of halogens is 2. The van der Waals surface area contributed by atoms with Crippen molar-refractivity contribution in [3.8, 4) is 45.0 Å². The van der Waals surface area contributed by atoms with Crippen molar-refractivity contribution in [1.82, 2.24) is 61.6 Å². The Kier molecular flexibility index (Phi) is 7.87. The van der Waals surface area contributed by atoms with Gasteiger partial charge in [-0.3, -0.25) is 0 Å². The van der Waals surface area contributed by atoms with E-state index in [0.717, 1.165) is 44.5 Å². The summed E-state index contributed by atoms with van der Waals surface area (Å²) in [7, 11) is 0. The first kappa shape index (κ1) is 30.2. The Morgan fingerprint density at radius 3 is 1.21 bits per heavy atom. The van der Waals surface area contributed by atoms with Crippen LogP contribution in [0.4, 0.5) is 0 Å². The van der Waals surface area contributed by atoms with Crippen LogP contribution < -0.4 is 0 Å². The Hall–Kier alpha value is -5.10. The molecule has 0 fully saturated rings. The van der Waals surface area contributed by atoms with E-state index in [1.165, 1.54) is 0 Å². The van der Waals surface area contributed by atoms with E-state index in [9.17, 15) is 0 Å². The SMILES string of the molecule is IC(c1ccccc1)(c1ccccc1)C(I)(c1ccccc1)c1cc(-c2cn[nH]n2)c(-c2cn[nH]n2)c(-c2cn[nH]n2)c1-c1cn[nH]n1. The summed E-state index contributed by atoms with van der Waals surface area (Å²) in [4.78, 5) is 0. The lowest BCUT2D eigenvalue weighted by Gasteiger charge is -2.46. The Bertz CT molecular complexity index is 2200. The molecule has 0 saturated carbocycles. The molecule has 234 valence electrons. The third-order valence-electron chi connectivity index (χ3n) is 8.39. The minimum atomic E-state index is -0.817. The van der Waals surface area contributed by atoms with E-state index in [4.69, 9.17) is 0 Å². The predicted molar refractivity (Wildman–Crippen MR) is 197 cm³/mol. The molecule has 14 heteroatoms. The first-order valence-electron chi connectivity index (χ1n) is 14.8. The molecule has 0 aliphatic rings. The van der Waals surface area contributed by atoms with Gasteiger partial charge in [0.25, 0.3) is 0 Å². The molecule has 0 spiro atoms. The zero-order chi connectivity index (χ0) is 32.6. The van der Waals surface area contributed by atoms with Gasteiger partial charge >= 0.3 is 0 Å². The van der Waals surface area contributed by atoms with Gasteiger partial charge in [0.15, 0.2) is 0 Å². The first-order valence-corrected chi connectivity index (χ1v) is 17.0. The van der Waals surface area contributed by atoms with Crippen LogP contribution in [0, 0.1) is 0 Å². The van der Waals surface area contributed by atoms with Gasteiger partial charge in [-0.25, -0.2) is 0 Å². The Balaban J connectivity index is 1.62. The molecule has 4 aromatic heterocycles. The number of hydrogen-bond acceptors (Lipinski definition) is 8. The lowest BCUT2D eigenvalue weighted by Crippen LogP contribution is -2.42. The van der Waals surface area contributed by atoms with Crippen molar-refractivity contribution in [3.63, 3.8) is 0 Å². The number of aromatic amines is 4. The van der Waals surface area contributed by atoms with Gasteiger partial charge in [-0.15, -0.1) is 0 Å². The highest BCUT2D eigenvalue weighted by atomic mass is 127. The average molecular weight is 854 g/mol. The summed E-state index contributed by atoms with van der Waals surface area (Å²) in [6.07, 6.45) is 6.81. The normalized spacial score (nSPS) is 13.0. The molecule has 48 heavy (non-hydrogen) atoms. The van der Waals surface area contributed by atoms with Crippen molar-refractivity contribution in [2.24, 2.45) is 0 Å². The van der Waals surface area contributed by atoms with Crippen molar-refractivity contribution in [3.05, 3.63) is 144 Å². The van der Waals surface area contributed by atoms with Crippen LogP contribution in [0.15, 0.2) is 122 Å². The van der Waals surface area contributed by atoms with E-state index in [2.05, 4.69) is 186 Å². The highest BCUT2D eigenvalue weighted by Crippen LogP contribution is 2.64. The van der Waals surface area contributed by atoms with Crippen molar-refractivity contribution in [2.45, 2.75) is 6.84 Å². The van der Waals surface area contributed by atoms with Crippen molar-refractivity contribution in [1.29, 1.82) is 0 Å². The molecule has 12 nitrogen and oxygen atoms in total. The van der Waals surface area contributed by atoms with Gasteiger partial charge in [-0.2, -0.15) is 61.6 Å². The van der Waals surface area contributed by atoms with Crippen LogP contribution in [0.3, 0.4) is 0 Å². The second-order valence-corrected chi connectivity index (χ2v) is 14.2. The molecule has 4 heterocycles. The molecule has 0 bridgehead atoms. The quantitative estimate of drug-likeness (QED) is 0.0901. The summed E-state index contributed by atoms with van der Waals surface area (Å²) in [5.74, 6) is 0. The molecule has 1 atom stereocenters. The van der Waals surface area contributed by atoms with Gasteiger partial charge in [-0.05, 0) is 28.3 Å². The van der Waals surface area contributed by atoms with Gasteiger partial charge in [0, 0.05) is 22.3 Å². The second kappa shape index (κ2) is 12.5. The van der Waals surface area contributed by atoms with Crippen LogP contribution in [0.25, 0.3) is 45.0 Å². The minimum absolute atomic E-state index is 0.586. The zero-order valence-corrected chi connectivity index (χ0v) is 29.2. The Morgan fingerprint density at radius 1 is 0.417 bits per heavy atom. The van der Waals surface area contributed by atoms with Crippen molar-refractivity contribution in [2.75, 3.05) is 0 Å². The highest BCUT2D eigenvalue weighted by molar-refractivity contribution is 14.1. The number of nitrogens with one attached hydrogen (secondary N) is 4. The van der Waals surface area contributed by atoms with Crippen LogP contribution in [-0.4, -0.2) is 61.6 Å². The van der Waals surface area contributed by atoms with Gasteiger partial charge in [0.2, 0.25) is 0 Å². The molecule has 0 aliphatic heterocycles. The predicted octanol–water partition coefficient (Wildman–Crippen LogP) is 6.88. The number of alkyl halides is 2. The fraction of sp³-hybridized carbons (Fsp3) is 0.0588. The topological polar surface area (TPSA) is 166 Å². The maximum Gasteiger partial charge on any atom is 0.114 e. The van der Waals surface area contributed by atoms with Crippen LogP contribution in [0.5, 0.6) is 0 Å². The van der Waals surface area contributed by atoms with E-state index in [-0.39, 0.29) is 0 Å². The molecule has 4 aromatic carbocycles. The largest absolute Gasteiger partial charge is 0.197 e. The molecule has 0 aliphatic carbocycles. The van der Waals surface area contributed by atoms with Crippen LogP contribution in [0.2, 0.25) is 0 Å². The monoisotopic (exact) mass is 854 g/mol. The molecule has 8 aromatic rings. The van der Waals surface area contributed by atoms with Gasteiger partial charge in [0.05, 0.1) is 31.6 Å².